The third kappa shape index (κ3) is 3.00. The lowest BCUT2D eigenvalue weighted by molar-refractivity contribution is 0.274. The Kier molecular flexibility index (Phi) is 3.59. The zero-order valence-electron chi connectivity index (χ0n) is 7.36. The van der Waals surface area contributed by atoms with Gasteiger partial charge >= 0.3 is 0 Å². The normalized spacial score (nSPS) is 8.85. The van der Waals surface area contributed by atoms with Crippen LogP contribution in [0.4, 0.5) is 0 Å². The molecule has 0 aliphatic rings. The van der Waals surface area contributed by atoms with E-state index in [9.17, 15) is 0 Å². The number of hydrogen-bond acceptors (Lipinski definition) is 2. The zero-order chi connectivity index (χ0) is 9.52. The summed E-state index contributed by atoms with van der Waals surface area (Å²) in [5, 5.41) is 8.16. The van der Waals surface area contributed by atoms with Crippen molar-refractivity contribution in [2.45, 2.75) is 6.42 Å². The van der Waals surface area contributed by atoms with Gasteiger partial charge in [0.15, 0.2) is 0 Å². The third-order valence-corrected chi connectivity index (χ3v) is 1.74. The van der Waals surface area contributed by atoms with Crippen molar-refractivity contribution >= 4 is 6.08 Å². The summed E-state index contributed by atoms with van der Waals surface area (Å²) in [4.78, 5) is 0. The first kappa shape index (κ1) is 9.34. The number of rotatable bonds is 4. The number of nitrogens with zero attached hydrogens (tertiary/aromatic N) is 1. The van der Waals surface area contributed by atoms with Gasteiger partial charge in [0.25, 0.3) is 6.26 Å². The molecule has 0 saturated carbocycles. The Balaban J connectivity index is 2.57. The Morgan fingerprint density at radius 3 is 3.08 bits per heavy atom. The molecule has 0 amide bonds. The minimum atomic E-state index is 0.442. The van der Waals surface area contributed by atoms with Crippen LogP contribution < -0.4 is 0 Å². The summed E-state index contributed by atoms with van der Waals surface area (Å²) in [7, 11) is 0. The molecule has 0 heterocycles. The van der Waals surface area contributed by atoms with E-state index in [1.807, 2.05) is 24.3 Å². The first-order valence-electron chi connectivity index (χ1n) is 4.09. The van der Waals surface area contributed by atoms with Gasteiger partial charge in [-0.15, -0.1) is 0 Å². The van der Waals surface area contributed by atoms with Gasteiger partial charge in [-0.05, 0) is 11.1 Å². The monoisotopic (exact) mass is 173 g/mol. The predicted molar refractivity (Wildman–Crippen MR) is 51.8 cm³/mol. The second-order valence-electron chi connectivity index (χ2n) is 2.64. The molecule has 2 heteroatoms. The Labute approximate surface area is 78.1 Å². The summed E-state index contributed by atoms with van der Waals surface area (Å²) >= 11 is 0. The molecule has 66 valence electrons. The molecule has 1 aromatic rings. The largest absolute Gasteiger partial charge is 0.427 e. The summed E-state index contributed by atoms with van der Waals surface area (Å²) in [5.41, 5.74) is 2.25. The summed E-state index contributed by atoms with van der Waals surface area (Å²) in [6.45, 7) is 4.13. The highest BCUT2D eigenvalue weighted by atomic mass is 16.5. The van der Waals surface area contributed by atoms with Crippen molar-refractivity contribution in [2.75, 3.05) is 6.61 Å². The van der Waals surface area contributed by atoms with Gasteiger partial charge in [0.2, 0.25) is 0 Å². The Bertz CT molecular complexity index is 325. The van der Waals surface area contributed by atoms with E-state index in [-0.39, 0.29) is 0 Å². The Morgan fingerprint density at radius 2 is 2.38 bits per heavy atom. The van der Waals surface area contributed by atoms with E-state index in [1.54, 1.807) is 12.3 Å². The summed E-state index contributed by atoms with van der Waals surface area (Å²) < 4.78 is 4.59. The molecule has 0 radical (unpaired) electrons. The van der Waals surface area contributed by atoms with Crippen LogP contribution in [0.1, 0.15) is 11.1 Å². The van der Waals surface area contributed by atoms with E-state index in [1.165, 1.54) is 0 Å². The molecule has 0 unspecified atom stereocenters. The van der Waals surface area contributed by atoms with Gasteiger partial charge in [-0.25, -0.2) is 0 Å². The van der Waals surface area contributed by atoms with Crippen molar-refractivity contribution in [1.29, 1.82) is 5.26 Å². The fourth-order valence-electron chi connectivity index (χ4n) is 1.09. The Morgan fingerprint density at radius 1 is 1.54 bits per heavy atom. The first-order chi connectivity index (χ1) is 6.36. The molecule has 13 heavy (non-hydrogen) atoms. The standard InChI is InChI=1S/C11H11NO/c1-2-10-4-3-5-11(8-10)6-7-13-9-12/h2-5,8H,1,6-7H2. The SMILES string of the molecule is C=Cc1cccc(CCOC#N)c1. The molecule has 2 nitrogen and oxygen atoms in total. The minimum absolute atomic E-state index is 0.442. The average molecular weight is 173 g/mol. The minimum Gasteiger partial charge on any atom is -0.427 e. The molecule has 1 aromatic carbocycles. The second-order valence-corrected chi connectivity index (χ2v) is 2.64. The van der Waals surface area contributed by atoms with Gasteiger partial charge in [-0.2, -0.15) is 5.26 Å². The molecule has 1 rings (SSSR count). The summed E-state index contributed by atoms with van der Waals surface area (Å²) in [6.07, 6.45) is 4.21. The van der Waals surface area contributed by atoms with Gasteiger partial charge in [0, 0.05) is 6.42 Å². The van der Waals surface area contributed by atoms with Gasteiger partial charge in [0.05, 0.1) is 0 Å². The number of ether oxygens (including phenoxy) is 1. The van der Waals surface area contributed by atoms with Gasteiger partial charge in [-0.3, -0.25) is 0 Å². The van der Waals surface area contributed by atoms with E-state index in [0.717, 1.165) is 17.5 Å². The van der Waals surface area contributed by atoms with Crippen molar-refractivity contribution in [1.82, 2.24) is 0 Å². The lowest BCUT2D eigenvalue weighted by Gasteiger charge is -2.00. The molecule has 0 saturated heterocycles. The van der Waals surface area contributed by atoms with E-state index in [0.29, 0.717) is 6.61 Å². The van der Waals surface area contributed by atoms with Crippen LogP contribution in [0, 0.1) is 11.5 Å². The van der Waals surface area contributed by atoms with E-state index in [4.69, 9.17) is 5.26 Å². The van der Waals surface area contributed by atoms with Crippen LogP contribution in [0.2, 0.25) is 0 Å². The maximum Gasteiger partial charge on any atom is 0.286 e. The van der Waals surface area contributed by atoms with Crippen LogP contribution in [-0.4, -0.2) is 6.61 Å². The third-order valence-electron chi connectivity index (χ3n) is 1.74. The van der Waals surface area contributed by atoms with Crippen LogP contribution in [0.15, 0.2) is 30.8 Å². The van der Waals surface area contributed by atoms with Crippen molar-refractivity contribution in [3.63, 3.8) is 0 Å². The van der Waals surface area contributed by atoms with Gasteiger partial charge in [-0.1, -0.05) is 36.9 Å². The number of hydrogen-bond donors (Lipinski definition) is 0. The molecular weight excluding hydrogens is 162 g/mol. The zero-order valence-corrected chi connectivity index (χ0v) is 7.36. The molecule has 0 bridgehead atoms. The van der Waals surface area contributed by atoms with Crippen molar-refractivity contribution in [2.24, 2.45) is 0 Å². The van der Waals surface area contributed by atoms with E-state index < -0.39 is 0 Å². The highest BCUT2D eigenvalue weighted by molar-refractivity contribution is 5.47. The van der Waals surface area contributed by atoms with Crippen LogP contribution in [0.5, 0.6) is 0 Å². The summed E-state index contributed by atoms with van der Waals surface area (Å²) in [6, 6.07) is 8.00. The molecule has 0 aromatic heterocycles. The fraction of sp³-hybridized carbons (Fsp3) is 0.182. The summed E-state index contributed by atoms with van der Waals surface area (Å²) in [5.74, 6) is 0. The molecule has 0 aliphatic heterocycles. The first-order valence-corrected chi connectivity index (χ1v) is 4.09. The highest BCUT2D eigenvalue weighted by Crippen LogP contribution is 2.06. The average Bonchev–Trinajstić information content (AvgIpc) is 2.19. The van der Waals surface area contributed by atoms with Crippen molar-refractivity contribution < 1.29 is 4.74 Å². The molecular formula is C11H11NO. The molecule has 0 fully saturated rings. The lowest BCUT2D eigenvalue weighted by Crippen LogP contribution is -1.93. The number of nitriles is 1. The maximum atomic E-state index is 8.16. The van der Waals surface area contributed by atoms with Crippen molar-refractivity contribution in [3.8, 4) is 6.26 Å². The molecule has 0 N–H and O–H groups in total. The van der Waals surface area contributed by atoms with Crippen LogP contribution >= 0.6 is 0 Å². The smallest absolute Gasteiger partial charge is 0.286 e. The van der Waals surface area contributed by atoms with Crippen LogP contribution in [-0.2, 0) is 11.2 Å². The number of benzene rings is 1. The molecule has 0 atom stereocenters. The molecule has 0 aliphatic carbocycles. The van der Waals surface area contributed by atoms with Gasteiger partial charge in [0.1, 0.15) is 6.61 Å². The van der Waals surface area contributed by atoms with Gasteiger partial charge < -0.3 is 4.74 Å². The predicted octanol–water partition coefficient (Wildman–Crippen LogP) is 2.37. The quantitative estimate of drug-likeness (QED) is 0.517. The molecule has 0 spiro atoms. The van der Waals surface area contributed by atoms with E-state index in [2.05, 4.69) is 11.3 Å². The van der Waals surface area contributed by atoms with Crippen LogP contribution in [0.25, 0.3) is 6.08 Å². The fourth-order valence-corrected chi connectivity index (χ4v) is 1.09. The second kappa shape index (κ2) is 5.00. The topological polar surface area (TPSA) is 33.0 Å². The van der Waals surface area contributed by atoms with Crippen LogP contribution in [0.3, 0.4) is 0 Å². The van der Waals surface area contributed by atoms with Crippen molar-refractivity contribution in [3.05, 3.63) is 42.0 Å². The maximum absolute atomic E-state index is 8.16. The van der Waals surface area contributed by atoms with E-state index >= 15 is 0 Å². The Hall–Kier alpha value is -1.75. The highest BCUT2D eigenvalue weighted by Gasteiger charge is 1.93. The lowest BCUT2D eigenvalue weighted by atomic mass is 10.1.